The summed E-state index contributed by atoms with van der Waals surface area (Å²) in [4.78, 5) is 50.8. The molecule has 0 unspecified atom stereocenters. The third kappa shape index (κ3) is 253. The number of ketones is 5. The molecule has 5 nitrogen and oxygen atoms in total. The molecule has 0 spiro atoms. The number of allylic oxidation sites excluding steroid dienone is 8. The highest BCUT2D eigenvalue weighted by atomic mass is 16.1. The maximum absolute atomic E-state index is 10.7. The van der Waals surface area contributed by atoms with Gasteiger partial charge in [0.2, 0.25) is 0 Å². The minimum absolute atomic E-state index is 0.417. The van der Waals surface area contributed by atoms with Crippen molar-refractivity contribution in [1.82, 2.24) is 0 Å². The minimum atomic E-state index is 0.417. The molecule has 14 aliphatic rings. The number of carbonyl (C=O) groups is 5. The van der Waals surface area contributed by atoms with Crippen LogP contribution in [0.3, 0.4) is 0 Å². The van der Waals surface area contributed by atoms with Crippen molar-refractivity contribution in [3.8, 4) is 0 Å². The fourth-order valence-electron chi connectivity index (χ4n) is 10.4. The molecule has 0 aromatic rings. The normalized spacial score (nSPS) is 15.9. The lowest BCUT2D eigenvalue weighted by Gasteiger charge is -2.18. The molecule has 0 saturated heterocycles. The summed E-state index contributed by atoms with van der Waals surface area (Å²) in [6.45, 7) is 104. The first-order valence-electron chi connectivity index (χ1n) is 59.1. The maximum Gasteiger partial charge on any atom is 0.133 e. The van der Waals surface area contributed by atoms with Gasteiger partial charge >= 0.3 is 0 Å². The van der Waals surface area contributed by atoms with Crippen LogP contribution in [0.15, 0.2) is 48.6 Å². The maximum atomic E-state index is 10.7. The lowest BCUT2D eigenvalue weighted by molar-refractivity contribution is -0.123. The quantitative estimate of drug-likeness (QED) is 0.178. The van der Waals surface area contributed by atoms with Gasteiger partial charge in [-0.05, 0) is 158 Å². The molecule has 10 saturated carbocycles. The first-order valence-corrected chi connectivity index (χ1v) is 59.1. The van der Waals surface area contributed by atoms with E-state index in [-0.39, 0.29) is 0 Å². The molecule has 14 aliphatic carbocycles. The SMILES string of the molecule is C1=CCC1.C1=CCCC1.C1=CCCCC1.C1=CCCCCC1.CC.CC.CC.CC.CC.CC.CC.CC.CC.CC.CC.CC.CC.CC.CC.CC.CC.CC.CC.CC.CC.CC.CC.CC1CC1.CC1CCC1.CC1CCCC1.CC1CCCCC1.CC1CCCCCC1.O=C1CC1.O=C1CCC1.O=C1CCCC1.O=C1CCCCC1.O=C1CCCCCC1. The second-order valence-corrected chi connectivity index (χ2v) is 27.0. The van der Waals surface area contributed by atoms with Crippen LogP contribution in [-0.2, 0) is 24.0 Å². The van der Waals surface area contributed by atoms with Gasteiger partial charge in [0.25, 0.3) is 0 Å². The van der Waals surface area contributed by atoms with Crippen molar-refractivity contribution in [2.24, 2.45) is 29.6 Å². The number of hydrogen-bond acceptors (Lipinski definition) is 5. The first-order chi connectivity index (χ1) is 62.9. The molecular weight excluding hydrogens is 1560 g/mol. The van der Waals surface area contributed by atoms with Gasteiger partial charge in [-0.1, -0.05) is 556 Å². The van der Waals surface area contributed by atoms with E-state index in [0.29, 0.717) is 28.9 Å². The van der Waals surface area contributed by atoms with Crippen molar-refractivity contribution >= 4 is 28.9 Å². The zero-order chi connectivity index (χ0) is 106. The molecule has 14 rings (SSSR count). The molecule has 0 atom stereocenters. The zero-order valence-corrected chi connectivity index (χ0v) is 101. The lowest BCUT2D eigenvalue weighted by Crippen LogP contribution is -2.07. The van der Waals surface area contributed by atoms with Crippen LogP contribution >= 0.6 is 0 Å². The Balaban J connectivity index is -0.0000000428. The van der Waals surface area contributed by atoms with E-state index in [1.165, 1.54) is 238 Å². The number of carbonyl (C=O) groups excluding carboxylic acids is 5. The van der Waals surface area contributed by atoms with E-state index < -0.39 is 0 Å². The highest BCUT2D eigenvalue weighted by Crippen LogP contribution is 2.27. The van der Waals surface area contributed by atoms with Crippen LogP contribution < -0.4 is 0 Å². The molecule has 10 fully saturated rings. The average molecular weight is 1830 g/mol. The van der Waals surface area contributed by atoms with Crippen molar-refractivity contribution in [2.75, 3.05) is 0 Å². The van der Waals surface area contributed by atoms with Crippen molar-refractivity contribution in [2.45, 2.75) is 700 Å². The molecule has 0 N–H and O–H groups in total. The molecule has 0 aromatic carbocycles. The predicted molar refractivity (Wildman–Crippen MR) is 618 cm³/mol. The Morgan fingerprint density at radius 3 is 0.359 bits per heavy atom. The fourth-order valence-corrected chi connectivity index (χ4v) is 10.4. The molecule has 0 bridgehead atoms. The topological polar surface area (TPSA) is 85.3 Å². The van der Waals surface area contributed by atoms with Gasteiger partial charge in [0.15, 0.2) is 0 Å². The number of hydrogen-bond donors (Lipinski definition) is 0. The second-order valence-electron chi connectivity index (χ2n) is 27.0. The molecular formula is C123H274O5. The monoisotopic (exact) mass is 1830 g/mol. The van der Waals surface area contributed by atoms with Crippen molar-refractivity contribution in [1.29, 1.82) is 0 Å². The summed E-state index contributed by atoms with van der Waals surface area (Å²) in [6.07, 6.45) is 87.0. The first kappa shape index (κ1) is 185. The van der Waals surface area contributed by atoms with Crippen LogP contribution in [-0.4, -0.2) is 28.9 Å². The Hall–Kier alpha value is -2.69. The summed E-state index contributed by atoms with van der Waals surface area (Å²) in [6, 6.07) is 0. The van der Waals surface area contributed by atoms with Crippen LogP contribution in [0, 0.1) is 29.6 Å². The molecule has 0 amide bonds. The van der Waals surface area contributed by atoms with Gasteiger partial charge in [0.1, 0.15) is 28.9 Å². The Bertz CT molecular complexity index is 1540. The summed E-state index contributed by atoms with van der Waals surface area (Å²) < 4.78 is 0. The minimum Gasteiger partial charge on any atom is -0.300 e. The summed E-state index contributed by atoms with van der Waals surface area (Å²) in [5, 5.41) is 0. The molecule has 5 heteroatoms. The highest BCUT2D eigenvalue weighted by molar-refractivity contribution is 5.92. The summed E-state index contributed by atoms with van der Waals surface area (Å²) >= 11 is 0. The van der Waals surface area contributed by atoms with Gasteiger partial charge in [0.05, 0.1) is 0 Å². The van der Waals surface area contributed by atoms with E-state index in [4.69, 9.17) is 0 Å². The third-order valence-electron chi connectivity index (χ3n) is 17.7. The van der Waals surface area contributed by atoms with Gasteiger partial charge in [-0.25, -0.2) is 0 Å². The van der Waals surface area contributed by atoms with Gasteiger partial charge in [-0.3, -0.25) is 24.0 Å². The van der Waals surface area contributed by atoms with E-state index in [9.17, 15) is 24.0 Å². The molecule has 0 heterocycles. The van der Waals surface area contributed by atoms with Gasteiger partial charge in [-0.15, -0.1) is 0 Å². The van der Waals surface area contributed by atoms with E-state index in [2.05, 4.69) is 83.2 Å². The Labute approximate surface area is 825 Å². The van der Waals surface area contributed by atoms with Gasteiger partial charge < -0.3 is 0 Å². The van der Waals surface area contributed by atoms with Gasteiger partial charge in [0, 0.05) is 64.2 Å². The van der Waals surface area contributed by atoms with Crippen LogP contribution in [0.2, 0.25) is 0 Å². The number of rotatable bonds is 0. The van der Waals surface area contributed by atoms with Gasteiger partial charge in [-0.2, -0.15) is 0 Å². The standard InChI is InChI=1S/C8H16.C7H12O.C7H14.C7H12.C6H10O.C6H12.C6H10.C5H8O.C5H10.C5H8.C4H6O.C4H8.C4H6.C3H4O.23C2H6/c1-8-6-4-2-3-5-7-8;8-7-5-3-1-2-4-6-7;1-7-5-3-2-4-6-7;1-2-4-6-7-5-3-1;7-6-4-2-1-3-5-6;1-6-4-2-3-5-6;1-2-4-6-5-3-1;6-5-3-1-2-4-5;1-5-3-2-4-5;1-2-4-5-3-1;5-4-2-1-3-4;1-4-2-3-4;1-2-4-3-1;4-3-1-2-3;23*1-2/h8H,2-7H2,1H3;1-6H2;7H,2-6H2,1H3;1-2H,3-7H2;1-5H2;6H,2-5H2,1H3;1-2H,3-6H2;1-4H2;5H,2-4H2,1H3;1-2H,3-5H2;1-3H2;4H,2-3H2,1H3;1-2H,3-4H2;1-2H2;23*1-2H3. The largest absolute Gasteiger partial charge is 0.300 e. The molecule has 0 radical (unpaired) electrons. The van der Waals surface area contributed by atoms with Crippen LogP contribution in [0.4, 0.5) is 0 Å². The second kappa shape index (κ2) is 237. The third-order valence-corrected chi connectivity index (χ3v) is 17.7. The van der Waals surface area contributed by atoms with E-state index >= 15 is 0 Å². The molecule has 0 aromatic heterocycles. The molecule has 796 valence electrons. The highest BCUT2D eigenvalue weighted by Gasteiger charge is 2.15. The summed E-state index contributed by atoms with van der Waals surface area (Å²) in [5.74, 6) is 7.50. The van der Waals surface area contributed by atoms with E-state index in [1.54, 1.807) is 0 Å². The van der Waals surface area contributed by atoms with Crippen LogP contribution in [0.25, 0.3) is 0 Å². The predicted octanol–water partition coefficient (Wildman–Crippen LogP) is 47.9. The number of Topliss-reactive ketones (excluding diaryl/α,β-unsaturated/α-hetero) is 5. The summed E-state index contributed by atoms with van der Waals surface area (Å²) in [5.41, 5.74) is 0. The van der Waals surface area contributed by atoms with Crippen molar-refractivity contribution < 1.29 is 24.0 Å². The van der Waals surface area contributed by atoms with E-state index in [0.717, 1.165) is 139 Å². The molecule has 128 heavy (non-hydrogen) atoms. The lowest BCUT2D eigenvalue weighted by atomic mass is 9.88. The van der Waals surface area contributed by atoms with Crippen LogP contribution in [0.1, 0.15) is 700 Å². The van der Waals surface area contributed by atoms with E-state index in [1.807, 2.05) is 318 Å². The average Bonchev–Trinajstić information content (AvgIpc) is 1.94. The van der Waals surface area contributed by atoms with Crippen LogP contribution in [0.5, 0.6) is 0 Å². The Morgan fingerprint density at radius 1 is 0.125 bits per heavy atom. The smallest absolute Gasteiger partial charge is 0.133 e. The van der Waals surface area contributed by atoms with Crippen molar-refractivity contribution in [3.05, 3.63) is 48.6 Å². The van der Waals surface area contributed by atoms with Crippen molar-refractivity contribution in [3.63, 3.8) is 0 Å². The fraction of sp³-hybridized carbons (Fsp3) is 0.894. The Kier molecular flexibility index (Phi) is 342. The Morgan fingerprint density at radius 2 is 0.234 bits per heavy atom. The zero-order valence-electron chi connectivity index (χ0n) is 101. The summed E-state index contributed by atoms with van der Waals surface area (Å²) in [7, 11) is 0. The molecule has 0 aliphatic heterocycles.